The lowest BCUT2D eigenvalue weighted by Gasteiger charge is -1.98. The fourth-order valence-electron chi connectivity index (χ4n) is 1.17. The van der Waals surface area contributed by atoms with Crippen molar-refractivity contribution in [2.75, 3.05) is 0 Å². The van der Waals surface area contributed by atoms with Gasteiger partial charge < -0.3 is 9.67 Å². The minimum atomic E-state index is -0.831. The van der Waals surface area contributed by atoms with Crippen LogP contribution in [0.15, 0.2) is 18.5 Å². The average Bonchev–Trinajstić information content (AvgIpc) is 2.62. The van der Waals surface area contributed by atoms with Gasteiger partial charge in [-0.25, -0.2) is 0 Å². The number of rotatable bonds is 5. The highest BCUT2D eigenvalue weighted by molar-refractivity contribution is 5.95. The monoisotopic (exact) mass is 195 g/mol. The third-order valence-electron chi connectivity index (χ3n) is 1.98. The van der Waals surface area contributed by atoms with Crippen LogP contribution in [0.3, 0.4) is 0 Å². The maximum absolute atomic E-state index is 11.2. The first-order valence-corrected chi connectivity index (χ1v) is 4.54. The average molecular weight is 195 g/mol. The SMILES string of the molecule is CCC(=O)c1ccn(CCC(=O)O)c1. The van der Waals surface area contributed by atoms with Crippen molar-refractivity contribution in [3.05, 3.63) is 24.0 Å². The Morgan fingerprint density at radius 1 is 1.50 bits per heavy atom. The molecule has 1 aromatic heterocycles. The number of aliphatic carboxylic acids is 1. The van der Waals surface area contributed by atoms with Gasteiger partial charge >= 0.3 is 5.97 Å². The maximum atomic E-state index is 11.2. The number of nitrogens with zero attached hydrogens (tertiary/aromatic N) is 1. The summed E-state index contributed by atoms with van der Waals surface area (Å²) in [6.07, 6.45) is 3.97. The summed E-state index contributed by atoms with van der Waals surface area (Å²) in [6.45, 7) is 2.21. The van der Waals surface area contributed by atoms with Crippen LogP contribution in [0, 0.1) is 0 Å². The van der Waals surface area contributed by atoms with Crippen molar-refractivity contribution in [2.45, 2.75) is 26.3 Å². The Bertz CT molecular complexity index is 341. The number of carboxylic acid groups (broad SMARTS) is 1. The first kappa shape index (κ1) is 10.5. The summed E-state index contributed by atoms with van der Waals surface area (Å²) in [5.41, 5.74) is 0.651. The maximum Gasteiger partial charge on any atom is 0.305 e. The summed E-state index contributed by atoms with van der Waals surface area (Å²) in [4.78, 5) is 21.5. The molecule has 0 atom stereocenters. The lowest BCUT2D eigenvalue weighted by molar-refractivity contribution is -0.137. The fourth-order valence-corrected chi connectivity index (χ4v) is 1.17. The summed E-state index contributed by atoms with van der Waals surface area (Å²) in [5.74, 6) is -0.749. The van der Waals surface area contributed by atoms with Gasteiger partial charge in [0.2, 0.25) is 0 Å². The van der Waals surface area contributed by atoms with Gasteiger partial charge in [0.15, 0.2) is 5.78 Å². The van der Waals surface area contributed by atoms with Gasteiger partial charge in [-0.3, -0.25) is 9.59 Å². The molecule has 0 fully saturated rings. The molecule has 0 amide bonds. The van der Waals surface area contributed by atoms with E-state index in [1.54, 1.807) is 30.0 Å². The van der Waals surface area contributed by atoms with Crippen LogP contribution in [0.2, 0.25) is 0 Å². The van der Waals surface area contributed by atoms with Gasteiger partial charge in [0, 0.05) is 30.9 Å². The third-order valence-corrected chi connectivity index (χ3v) is 1.98. The third kappa shape index (κ3) is 2.73. The van der Waals surface area contributed by atoms with Gasteiger partial charge in [-0.1, -0.05) is 6.92 Å². The highest BCUT2D eigenvalue weighted by atomic mass is 16.4. The van der Waals surface area contributed by atoms with Crippen molar-refractivity contribution in [3.63, 3.8) is 0 Å². The summed E-state index contributed by atoms with van der Waals surface area (Å²) in [6, 6.07) is 1.72. The van der Waals surface area contributed by atoms with E-state index >= 15 is 0 Å². The van der Waals surface area contributed by atoms with Crippen molar-refractivity contribution in [1.29, 1.82) is 0 Å². The Balaban J connectivity index is 2.59. The predicted molar refractivity (Wildman–Crippen MR) is 51.3 cm³/mol. The zero-order valence-electron chi connectivity index (χ0n) is 8.06. The molecule has 0 saturated carbocycles. The molecular formula is C10H13NO3. The van der Waals surface area contributed by atoms with Gasteiger partial charge in [-0.05, 0) is 6.07 Å². The Morgan fingerprint density at radius 2 is 2.21 bits per heavy atom. The van der Waals surface area contributed by atoms with E-state index in [-0.39, 0.29) is 12.2 Å². The summed E-state index contributed by atoms with van der Waals surface area (Å²) >= 11 is 0. The molecule has 14 heavy (non-hydrogen) atoms. The van der Waals surface area contributed by atoms with E-state index in [0.29, 0.717) is 18.5 Å². The van der Waals surface area contributed by atoms with Gasteiger partial charge in [-0.15, -0.1) is 0 Å². The Labute approximate surface area is 82.2 Å². The van der Waals surface area contributed by atoms with Crippen LogP contribution in [0.4, 0.5) is 0 Å². The van der Waals surface area contributed by atoms with Crippen LogP contribution in [0.5, 0.6) is 0 Å². The normalized spacial score (nSPS) is 10.1. The number of carbonyl (C=O) groups is 2. The zero-order valence-corrected chi connectivity index (χ0v) is 8.06. The number of carboxylic acids is 1. The van der Waals surface area contributed by atoms with Crippen molar-refractivity contribution in [3.8, 4) is 0 Å². The molecule has 1 heterocycles. The van der Waals surface area contributed by atoms with E-state index in [4.69, 9.17) is 5.11 Å². The van der Waals surface area contributed by atoms with Gasteiger partial charge in [0.25, 0.3) is 0 Å². The molecule has 0 aliphatic carbocycles. The number of Topliss-reactive ketones (excluding diaryl/α,β-unsaturated/α-hetero) is 1. The molecule has 0 aliphatic rings. The second-order valence-corrected chi connectivity index (χ2v) is 3.06. The zero-order chi connectivity index (χ0) is 10.6. The van der Waals surface area contributed by atoms with Gasteiger partial charge in [-0.2, -0.15) is 0 Å². The molecule has 1 aromatic rings. The highest BCUT2D eigenvalue weighted by Crippen LogP contribution is 2.05. The molecular weight excluding hydrogens is 182 g/mol. The molecule has 0 unspecified atom stereocenters. The van der Waals surface area contributed by atoms with E-state index in [1.807, 2.05) is 0 Å². The first-order valence-electron chi connectivity index (χ1n) is 4.54. The second-order valence-electron chi connectivity index (χ2n) is 3.06. The predicted octanol–water partition coefficient (Wildman–Crippen LogP) is 1.56. The van der Waals surface area contributed by atoms with Crippen LogP contribution >= 0.6 is 0 Å². The number of hydrogen-bond acceptors (Lipinski definition) is 2. The van der Waals surface area contributed by atoms with Gasteiger partial charge in [0.1, 0.15) is 0 Å². The lowest BCUT2D eigenvalue weighted by Crippen LogP contribution is -2.02. The summed E-state index contributed by atoms with van der Waals surface area (Å²) in [5, 5.41) is 8.46. The molecule has 0 bridgehead atoms. The Kier molecular flexibility index (Phi) is 3.45. The minimum absolute atomic E-state index is 0.0778. The molecule has 76 valence electrons. The van der Waals surface area contributed by atoms with Crippen LogP contribution in [-0.2, 0) is 11.3 Å². The smallest absolute Gasteiger partial charge is 0.305 e. The van der Waals surface area contributed by atoms with E-state index in [1.165, 1.54) is 0 Å². The van der Waals surface area contributed by atoms with E-state index < -0.39 is 5.97 Å². The fraction of sp³-hybridized carbons (Fsp3) is 0.400. The molecule has 0 spiro atoms. The molecule has 0 saturated heterocycles. The minimum Gasteiger partial charge on any atom is -0.481 e. The van der Waals surface area contributed by atoms with Crippen molar-refractivity contribution in [2.24, 2.45) is 0 Å². The number of ketones is 1. The molecule has 0 aliphatic heterocycles. The molecule has 4 nitrogen and oxygen atoms in total. The number of aryl methyl sites for hydroxylation is 1. The Hall–Kier alpha value is -1.58. The van der Waals surface area contributed by atoms with E-state index in [2.05, 4.69) is 0 Å². The van der Waals surface area contributed by atoms with E-state index in [0.717, 1.165) is 0 Å². The van der Waals surface area contributed by atoms with Crippen molar-refractivity contribution in [1.82, 2.24) is 4.57 Å². The Morgan fingerprint density at radius 3 is 2.79 bits per heavy atom. The van der Waals surface area contributed by atoms with E-state index in [9.17, 15) is 9.59 Å². The molecule has 1 rings (SSSR count). The molecule has 0 radical (unpaired) electrons. The topological polar surface area (TPSA) is 59.3 Å². The van der Waals surface area contributed by atoms with Crippen LogP contribution in [-0.4, -0.2) is 21.4 Å². The molecule has 4 heteroatoms. The summed E-state index contributed by atoms with van der Waals surface area (Å²) in [7, 11) is 0. The van der Waals surface area contributed by atoms with Crippen LogP contribution < -0.4 is 0 Å². The molecule has 0 aromatic carbocycles. The number of carbonyl (C=O) groups excluding carboxylic acids is 1. The van der Waals surface area contributed by atoms with Crippen LogP contribution in [0.1, 0.15) is 30.1 Å². The largest absolute Gasteiger partial charge is 0.481 e. The highest BCUT2D eigenvalue weighted by Gasteiger charge is 2.05. The van der Waals surface area contributed by atoms with Crippen LogP contribution in [0.25, 0.3) is 0 Å². The lowest BCUT2D eigenvalue weighted by atomic mass is 10.2. The van der Waals surface area contributed by atoms with Gasteiger partial charge in [0.05, 0.1) is 6.42 Å². The second kappa shape index (κ2) is 4.60. The van der Waals surface area contributed by atoms with Crippen molar-refractivity contribution < 1.29 is 14.7 Å². The quantitative estimate of drug-likeness (QED) is 0.725. The summed E-state index contributed by atoms with van der Waals surface area (Å²) < 4.78 is 1.72. The standard InChI is InChI=1S/C10H13NO3/c1-2-9(12)8-3-5-11(7-8)6-4-10(13)14/h3,5,7H,2,4,6H2,1H3,(H,13,14). The first-order chi connectivity index (χ1) is 6.63. The number of hydrogen-bond donors (Lipinski definition) is 1. The molecule has 1 N–H and O–H groups in total. The number of aromatic nitrogens is 1. The van der Waals surface area contributed by atoms with Crippen molar-refractivity contribution >= 4 is 11.8 Å².